The molecule has 1 heterocycles. The standard InChI is InChI=1S/C13H10F3N3O2/c14-13(15,16)12(9-5-2-1-3-6-9)10(20)19(8-4-7-17)11(21)18-12/h1-3,5-6H,4,8H2,(H,18,21)/t12-/m1/s1. The van der Waals surface area contributed by atoms with Gasteiger partial charge in [0.1, 0.15) is 0 Å². The maximum atomic E-state index is 13.5. The Balaban J connectivity index is 2.52. The van der Waals surface area contributed by atoms with Crippen molar-refractivity contribution in [2.24, 2.45) is 0 Å². The van der Waals surface area contributed by atoms with Gasteiger partial charge in [-0.05, 0) is 5.56 Å². The van der Waals surface area contributed by atoms with Crippen molar-refractivity contribution in [1.29, 1.82) is 5.26 Å². The molecule has 1 aromatic carbocycles. The van der Waals surface area contributed by atoms with Gasteiger partial charge in [0.05, 0.1) is 12.5 Å². The van der Waals surface area contributed by atoms with Crippen LogP contribution in [-0.2, 0) is 10.3 Å². The Morgan fingerprint density at radius 1 is 1.24 bits per heavy atom. The van der Waals surface area contributed by atoms with Gasteiger partial charge in [-0.25, -0.2) is 4.79 Å². The molecule has 1 N–H and O–H groups in total. The van der Waals surface area contributed by atoms with Crippen LogP contribution in [0.5, 0.6) is 0 Å². The van der Waals surface area contributed by atoms with Crippen molar-refractivity contribution in [3.63, 3.8) is 0 Å². The van der Waals surface area contributed by atoms with Gasteiger partial charge in [-0.15, -0.1) is 0 Å². The van der Waals surface area contributed by atoms with Gasteiger partial charge in [-0.2, -0.15) is 18.4 Å². The number of halogens is 3. The molecule has 0 radical (unpaired) electrons. The predicted octanol–water partition coefficient (Wildman–Crippen LogP) is 1.91. The zero-order valence-electron chi connectivity index (χ0n) is 10.6. The van der Waals surface area contributed by atoms with Crippen LogP contribution in [0.25, 0.3) is 0 Å². The van der Waals surface area contributed by atoms with Crippen LogP contribution in [0.15, 0.2) is 30.3 Å². The molecule has 21 heavy (non-hydrogen) atoms. The zero-order valence-corrected chi connectivity index (χ0v) is 10.6. The van der Waals surface area contributed by atoms with Crippen LogP contribution >= 0.6 is 0 Å². The first-order valence-electron chi connectivity index (χ1n) is 5.98. The molecule has 0 unspecified atom stereocenters. The van der Waals surface area contributed by atoms with Gasteiger partial charge in [0.2, 0.25) is 5.54 Å². The normalized spacial score (nSPS) is 22.1. The number of nitrogens with zero attached hydrogens (tertiary/aromatic N) is 2. The second-order valence-electron chi connectivity index (χ2n) is 4.41. The van der Waals surface area contributed by atoms with Crippen LogP contribution in [0, 0.1) is 11.3 Å². The van der Waals surface area contributed by atoms with Crippen LogP contribution in [-0.4, -0.2) is 29.6 Å². The van der Waals surface area contributed by atoms with Gasteiger partial charge in [0, 0.05) is 6.54 Å². The van der Waals surface area contributed by atoms with Crippen LogP contribution in [0.3, 0.4) is 0 Å². The maximum Gasteiger partial charge on any atom is 0.425 e. The molecule has 110 valence electrons. The molecular formula is C13H10F3N3O2. The van der Waals surface area contributed by atoms with Crippen LogP contribution < -0.4 is 5.32 Å². The molecular weight excluding hydrogens is 287 g/mol. The molecule has 0 spiro atoms. The number of benzene rings is 1. The van der Waals surface area contributed by atoms with E-state index in [4.69, 9.17) is 5.26 Å². The summed E-state index contributed by atoms with van der Waals surface area (Å²) in [6.45, 7) is -0.383. The lowest BCUT2D eigenvalue weighted by atomic mass is 9.89. The SMILES string of the molecule is N#CCCN1C(=O)N[C@@](c2ccccc2)(C(F)(F)F)C1=O. The molecule has 1 aliphatic heterocycles. The summed E-state index contributed by atoms with van der Waals surface area (Å²) >= 11 is 0. The molecule has 0 bridgehead atoms. The lowest BCUT2D eigenvalue weighted by Gasteiger charge is -2.29. The molecule has 1 fully saturated rings. The van der Waals surface area contributed by atoms with E-state index in [-0.39, 0.29) is 18.5 Å². The van der Waals surface area contributed by atoms with Crippen molar-refractivity contribution in [1.82, 2.24) is 10.2 Å². The van der Waals surface area contributed by atoms with E-state index in [1.165, 1.54) is 18.2 Å². The number of carbonyl (C=O) groups excluding carboxylic acids is 2. The lowest BCUT2D eigenvalue weighted by Crippen LogP contribution is -2.55. The summed E-state index contributed by atoms with van der Waals surface area (Å²) in [5, 5.41) is 10.2. The highest BCUT2D eigenvalue weighted by molar-refractivity contribution is 6.08. The monoisotopic (exact) mass is 297 g/mol. The van der Waals surface area contributed by atoms with Crippen molar-refractivity contribution >= 4 is 11.9 Å². The summed E-state index contributed by atoms with van der Waals surface area (Å²) in [6, 6.07) is 6.98. The van der Waals surface area contributed by atoms with Gasteiger partial charge in [-0.3, -0.25) is 9.69 Å². The van der Waals surface area contributed by atoms with Crippen molar-refractivity contribution in [3.8, 4) is 6.07 Å². The molecule has 0 saturated carbocycles. The Bertz CT molecular complexity index is 609. The highest BCUT2D eigenvalue weighted by Gasteiger charge is 2.68. The van der Waals surface area contributed by atoms with E-state index in [9.17, 15) is 22.8 Å². The minimum absolute atomic E-state index is 0.234. The quantitative estimate of drug-likeness (QED) is 0.866. The molecule has 5 nitrogen and oxygen atoms in total. The van der Waals surface area contributed by atoms with Crippen molar-refractivity contribution in [2.45, 2.75) is 18.1 Å². The van der Waals surface area contributed by atoms with Gasteiger partial charge in [0.15, 0.2) is 0 Å². The van der Waals surface area contributed by atoms with Gasteiger partial charge in [-0.1, -0.05) is 30.3 Å². The third-order valence-electron chi connectivity index (χ3n) is 3.18. The van der Waals surface area contributed by atoms with Crippen LogP contribution in [0.2, 0.25) is 0 Å². The van der Waals surface area contributed by atoms with Gasteiger partial charge < -0.3 is 5.32 Å². The topological polar surface area (TPSA) is 73.2 Å². The number of amides is 3. The Morgan fingerprint density at radius 3 is 2.38 bits per heavy atom. The van der Waals surface area contributed by atoms with Crippen molar-refractivity contribution < 1.29 is 22.8 Å². The molecule has 3 amide bonds. The number of nitriles is 1. The largest absolute Gasteiger partial charge is 0.425 e. The predicted molar refractivity (Wildman–Crippen MR) is 64.6 cm³/mol. The van der Waals surface area contributed by atoms with E-state index in [2.05, 4.69) is 0 Å². The summed E-state index contributed by atoms with van der Waals surface area (Å²) in [5.41, 5.74) is -3.46. The summed E-state index contributed by atoms with van der Waals surface area (Å²) in [7, 11) is 0. The zero-order chi connectivity index (χ0) is 15.7. The first-order chi connectivity index (χ1) is 9.84. The fourth-order valence-electron chi connectivity index (χ4n) is 2.18. The minimum Gasteiger partial charge on any atom is -0.312 e. The van der Waals surface area contributed by atoms with E-state index < -0.39 is 23.7 Å². The minimum atomic E-state index is -5.00. The Hall–Kier alpha value is -2.56. The van der Waals surface area contributed by atoms with E-state index in [0.29, 0.717) is 4.90 Å². The third-order valence-corrected chi connectivity index (χ3v) is 3.18. The Morgan fingerprint density at radius 2 is 1.86 bits per heavy atom. The third kappa shape index (κ3) is 2.20. The molecule has 1 aromatic rings. The number of imide groups is 1. The molecule has 0 aromatic heterocycles. The Kier molecular flexibility index (Phi) is 3.60. The number of hydrogen-bond acceptors (Lipinski definition) is 3. The average molecular weight is 297 g/mol. The van der Waals surface area contributed by atoms with Crippen LogP contribution in [0.1, 0.15) is 12.0 Å². The van der Waals surface area contributed by atoms with E-state index >= 15 is 0 Å². The molecule has 1 saturated heterocycles. The molecule has 8 heteroatoms. The molecule has 0 aliphatic carbocycles. The smallest absolute Gasteiger partial charge is 0.312 e. The number of hydrogen-bond donors (Lipinski definition) is 1. The highest BCUT2D eigenvalue weighted by atomic mass is 19.4. The molecule has 2 rings (SSSR count). The average Bonchev–Trinajstić information content (AvgIpc) is 2.70. The fraction of sp³-hybridized carbons (Fsp3) is 0.308. The molecule has 1 aliphatic rings. The highest BCUT2D eigenvalue weighted by Crippen LogP contribution is 2.43. The number of carbonyl (C=O) groups is 2. The second-order valence-corrected chi connectivity index (χ2v) is 4.41. The summed E-state index contributed by atoms with van der Waals surface area (Å²) in [6.07, 6.45) is -5.23. The van der Waals surface area contributed by atoms with E-state index in [1.807, 2.05) is 0 Å². The molecule has 1 atom stereocenters. The van der Waals surface area contributed by atoms with E-state index in [0.717, 1.165) is 12.1 Å². The van der Waals surface area contributed by atoms with Gasteiger partial charge >= 0.3 is 12.2 Å². The number of nitrogens with one attached hydrogen (secondary N) is 1. The number of rotatable bonds is 3. The second kappa shape index (κ2) is 5.09. The summed E-state index contributed by atoms with van der Waals surface area (Å²) < 4.78 is 40.5. The summed E-state index contributed by atoms with van der Waals surface area (Å²) in [5.74, 6) is -1.42. The van der Waals surface area contributed by atoms with Crippen molar-refractivity contribution in [3.05, 3.63) is 35.9 Å². The van der Waals surface area contributed by atoms with E-state index in [1.54, 1.807) is 11.4 Å². The maximum absolute atomic E-state index is 13.5. The first-order valence-corrected chi connectivity index (χ1v) is 5.98. The lowest BCUT2D eigenvalue weighted by molar-refractivity contribution is -0.198. The Labute approximate surface area is 118 Å². The fourth-order valence-corrected chi connectivity index (χ4v) is 2.18. The number of urea groups is 1. The van der Waals surface area contributed by atoms with Crippen LogP contribution in [0.4, 0.5) is 18.0 Å². The summed E-state index contributed by atoms with van der Waals surface area (Å²) in [4.78, 5) is 24.3. The van der Waals surface area contributed by atoms with Gasteiger partial charge in [0.25, 0.3) is 5.91 Å². The first kappa shape index (κ1) is 14.8. The number of alkyl halides is 3. The van der Waals surface area contributed by atoms with Crippen molar-refractivity contribution in [2.75, 3.05) is 6.54 Å².